The Bertz CT molecular complexity index is 7850. The maximum absolute atomic E-state index is 5.63. The molecule has 6 nitrogen and oxygen atoms in total. The summed E-state index contributed by atoms with van der Waals surface area (Å²) in [7, 11) is -0.523. The average Bonchev–Trinajstić information content (AvgIpc) is 1.54. The van der Waals surface area contributed by atoms with E-state index >= 15 is 0 Å². The van der Waals surface area contributed by atoms with E-state index in [1.165, 1.54) is 195 Å². The molecule has 0 aromatic heterocycles. The standard InChI is InChI=1S/C78H64N2.C27H22BrN.C24H20Br2.C9H19BO3/c1-75(2)67-41-49(29-35-59(67)61-39-33-57(45-71(61)75)79(53-21-13-9-14-22-53)54-23-15-10-16-24-54)51-31-37-63-65-47-74-66(48-73(65)77(5,6)69(63)43-51)64-38-32-52(44-70(64)78(74,7)8)50-30-36-60-62-40-34-58(46-72(62)76(3,4)68(60)42-50)80(55-25-17-11-18-26-55)56-27-19-12-20-28-56;1-27(2)25-17-19(28)13-15-23(25)24-16-14-22(18-26(24)27)29(20-9-5-3-6-10-20)21-11-7-4-8-12-21;1-23(2)19-9-13(25)5-7-15(19)17-12-22-18(11-21(17)23)16-8-6-14(26)10-20(16)24(22,3)4;1-7(2)11-10-12-8(3,4)9(5,6)13-10/h9-48H,1-8H3;3-18H,1-2H3;5-12H,1-4H3;7H,1-6H3. The zero-order chi connectivity index (χ0) is 103. The first-order valence-electron chi connectivity index (χ1n) is 52.2. The molecule has 1 aliphatic heterocycles. The molecule has 0 radical (unpaired) electrons. The quantitative estimate of drug-likeness (QED) is 0.107. The smallest absolute Gasteiger partial charge is 0.384 e. The molecule has 734 valence electrons. The van der Waals surface area contributed by atoms with Crippen LogP contribution in [0.5, 0.6) is 0 Å². The third kappa shape index (κ3) is 16.3. The van der Waals surface area contributed by atoms with Crippen LogP contribution in [0, 0.1) is 0 Å². The first kappa shape index (κ1) is 98.1. The second-order valence-corrected chi connectivity index (χ2v) is 49.1. The Morgan fingerprint density at radius 1 is 0.189 bits per heavy atom. The minimum Gasteiger partial charge on any atom is -0.384 e. The highest BCUT2D eigenvalue weighted by Crippen LogP contribution is 2.63. The van der Waals surface area contributed by atoms with Gasteiger partial charge in [-0.2, -0.15) is 0 Å². The number of para-hydroxylation sites is 6. The maximum Gasteiger partial charge on any atom is 0.640 e. The molecular weight excluding hydrogens is 2000 g/mol. The molecule has 26 rings (SSSR count). The molecule has 1 heterocycles. The van der Waals surface area contributed by atoms with Crippen LogP contribution in [0.1, 0.15) is 216 Å². The van der Waals surface area contributed by atoms with Crippen LogP contribution in [0.2, 0.25) is 0 Å². The lowest BCUT2D eigenvalue weighted by molar-refractivity contribution is 0.00578. The molecule has 1 saturated heterocycles. The molecule has 18 aromatic carbocycles. The van der Waals surface area contributed by atoms with Crippen molar-refractivity contribution >= 4 is 106 Å². The van der Waals surface area contributed by atoms with E-state index in [4.69, 9.17) is 14.0 Å². The van der Waals surface area contributed by atoms with Crippen molar-refractivity contribution in [2.24, 2.45) is 0 Å². The molecule has 0 N–H and O–H groups in total. The zero-order valence-electron chi connectivity index (χ0n) is 88.3. The van der Waals surface area contributed by atoms with Crippen LogP contribution < -0.4 is 14.7 Å². The van der Waals surface area contributed by atoms with E-state index in [0.29, 0.717) is 0 Å². The Morgan fingerprint density at radius 2 is 0.358 bits per heavy atom. The fourth-order valence-electron chi connectivity index (χ4n) is 25.0. The maximum atomic E-state index is 5.63. The first-order valence-corrected chi connectivity index (χ1v) is 54.6. The summed E-state index contributed by atoms with van der Waals surface area (Å²) in [4.78, 5) is 7.07. The number of rotatable bonds is 13. The van der Waals surface area contributed by atoms with Crippen molar-refractivity contribution in [2.45, 2.75) is 194 Å². The molecule has 1 fully saturated rings. The summed E-state index contributed by atoms with van der Waals surface area (Å²) in [6.07, 6.45) is 0.120. The lowest BCUT2D eigenvalue weighted by Gasteiger charge is -2.31. The highest BCUT2D eigenvalue weighted by Gasteiger charge is 2.54. The second-order valence-electron chi connectivity index (χ2n) is 46.3. The molecule has 7 aliphatic carbocycles. The number of fused-ring (bicyclic) bond motifs is 21. The van der Waals surface area contributed by atoms with Gasteiger partial charge in [0.15, 0.2) is 0 Å². The van der Waals surface area contributed by atoms with Crippen LogP contribution in [0.4, 0.5) is 51.2 Å². The lowest BCUT2D eigenvalue weighted by atomic mass is 9.78. The molecule has 18 aromatic rings. The zero-order valence-corrected chi connectivity index (χ0v) is 93.1. The normalized spacial score (nSPS) is 16.3. The Labute approximate surface area is 900 Å². The van der Waals surface area contributed by atoms with Gasteiger partial charge in [-0.3, -0.25) is 0 Å². The summed E-state index contributed by atoms with van der Waals surface area (Å²) < 4.78 is 20.1. The predicted molar refractivity (Wildman–Crippen MR) is 633 cm³/mol. The molecule has 0 saturated carbocycles. The number of benzene rings is 18. The van der Waals surface area contributed by atoms with Gasteiger partial charge < -0.3 is 28.7 Å². The fourth-order valence-corrected chi connectivity index (χ4v) is 26.1. The van der Waals surface area contributed by atoms with E-state index in [9.17, 15) is 0 Å². The molecule has 148 heavy (non-hydrogen) atoms. The predicted octanol–water partition coefficient (Wildman–Crippen LogP) is 39.2. The SMILES string of the molecule is CC(C)OB1OC(C)(C)C(C)(C)O1.CC1(C)c2cc(-c3ccc4c(c3)C(C)(C)c3cc5c(cc3-4)C(C)(C)c3cc(-c4ccc6c(c4)C(C)(C)c4cc(N(c7ccccc7)c7ccccc7)ccc4-6)ccc3-5)ccc2-c2ccc(N(c3ccccc3)c3ccccc3)cc21.CC1(C)c2cc(Br)ccc2-c2cc3c(cc21)-c1ccc(Br)cc1C3(C)C.CC1(C)c2cc(Br)ccc2-c2ccc(N(c3ccccc3)c3ccccc3)cc21. The minimum absolute atomic E-state index is 0.0196. The number of nitrogens with zero attached hydrogens (tertiary/aromatic N) is 3. The van der Waals surface area contributed by atoms with Gasteiger partial charge >= 0.3 is 7.32 Å². The van der Waals surface area contributed by atoms with Crippen LogP contribution in [-0.4, -0.2) is 24.6 Å². The van der Waals surface area contributed by atoms with Crippen LogP contribution in [-0.2, 0) is 51.9 Å². The van der Waals surface area contributed by atoms with Gasteiger partial charge in [-0.25, -0.2) is 0 Å². The van der Waals surface area contributed by atoms with E-state index in [-0.39, 0.29) is 55.2 Å². The number of anilines is 9. The molecule has 0 bridgehead atoms. The Balaban J connectivity index is 0.000000142. The van der Waals surface area contributed by atoms with Crippen LogP contribution in [0.3, 0.4) is 0 Å². The summed E-state index contributed by atoms with van der Waals surface area (Å²) in [6.45, 7) is 45.3. The summed E-state index contributed by atoms with van der Waals surface area (Å²) >= 11 is 11.0. The lowest BCUT2D eigenvalue weighted by Crippen LogP contribution is -2.41. The van der Waals surface area contributed by atoms with Gasteiger partial charge in [-0.1, -0.05) is 339 Å². The summed E-state index contributed by atoms with van der Waals surface area (Å²) in [5, 5.41) is 0. The highest BCUT2D eigenvalue weighted by atomic mass is 79.9. The highest BCUT2D eigenvalue weighted by molar-refractivity contribution is 9.11. The van der Waals surface area contributed by atoms with E-state index in [2.05, 4.69) is 548 Å². The van der Waals surface area contributed by atoms with E-state index in [1.54, 1.807) is 0 Å². The summed E-state index contributed by atoms with van der Waals surface area (Å²) in [5.74, 6) is 0. The summed E-state index contributed by atoms with van der Waals surface area (Å²) in [6, 6.07) is 144. The van der Waals surface area contributed by atoms with Gasteiger partial charge in [-0.05, 0) is 414 Å². The second kappa shape index (κ2) is 36.3. The molecule has 0 spiro atoms. The van der Waals surface area contributed by atoms with Crippen molar-refractivity contribution in [2.75, 3.05) is 14.7 Å². The fraction of sp³-hybridized carbons (Fsp3) is 0.217. The van der Waals surface area contributed by atoms with Crippen LogP contribution in [0.15, 0.2) is 402 Å². The molecular formula is C138H125BBr3N3O3. The van der Waals surface area contributed by atoms with Crippen LogP contribution in [0.25, 0.3) is 100 Å². The topological polar surface area (TPSA) is 37.4 Å². The Morgan fingerprint density at radius 3 is 0.561 bits per heavy atom. The molecule has 0 atom stereocenters. The van der Waals surface area contributed by atoms with Crippen LogP contribution >= 0.6 is 47.8 Å². The van der Waals surface area contributed by atoms with Gasteiger partial charge in [-0.15, -0.1) is 0 Å². The molecule has 0 amide bonds. The van der Waals surface area contributed by atoms with Crippen molar-refractivity contribution in [3.05, 3.63) is 480 Å². The molecule has 10 heteroatoms. The third-order valence-corrected chi connectivity index (χ3v) is 35.4. The van der Waals surface area contributed by atoms with E-state index in [0.717, 1.165) is 47.5 Å². The third-order valence-electron chi connectivity index (χ3n) is 33.9. The van der Waals surface area contributed by atoms with Crippen molar-refractivity contribution < 1.29 is 14.0 Å². The largest absolute Gasteiger partial charge is 0.640 e. The van der Waals surface area contributed by atoms with E-state index in [1.807, 2.05) is 41.5 Å². The van der Waals surface area contributed by atoms with Gasteiger partial charge in [0.1, 0.15) is 0 Å². The number of halogens is 3. The van der Waals surface area contributed by atoms with Crippen molar-refractivity contribution in [3.63, 3.8) is 0 Å². The van der Waals surface area contributed by atoms with Crippen molar-refractivity contribution in [3.8, 4) is 100 Å². The van der Waals surface area contributed by atoms with Gasteiger partial charge in [0.2, 0.25) is 0 Å². The monoisotopic (exact) mass is 2120 g/mol. The van der Waals surface area contributed by atoms with Crippen molar-refractivity contribution in [1.29, 1.82) is 0 Å². The van der Waals surface area contributed by atoms with E-state index < -0.39 is 7.32 Å². The average molecular weight is 2120 g/mol. The number of hydrogen-bond acceptors (Lipinski definition) is 6. The minimum atomic E-state index is -0.523. The Kier molecular flexibility index (Phi) is 24.1. The van der Waals surface area contributed by atoms with Crippen molar-refractivity contribution in [1.82, 2.24) is 0 Å². The number of hydrogen-bond donors (Lipinski definition) is 0. The van der Waals surface area contributed by atoms with Gasteiger partial charge in [0, 0.05) is 109 Å². The van der Waals surface area contributed by atoms with Gasteiger partial charge in [0.05, 0.1) is 11.2 Å². The summed E-state index contributed by atoms with van der Waals surface area (Å²) in [5.41, 5.74) is 52.8. The molecule has 0 unspecified atom stereocenters. The molecule has 8 aliphatic rings. The first-order chi connectivity index (χ1) is 70.7. The Hall–Kier alpha value is -13.3. The van der Waals surface area contributed by atoms with Gasteiger partial charge in [0.25, 0.3) is 0 Å².